The van der Waals surface area contributed by atoms with Gasteiger partial charge in [0.05, 0.1) is 17.5 Å². The van der Waals surface area contributed by atoms with Crippen molar-refractivity contribution in [3.63, 3.8) is 0 Å². The number of nitrogens with zero attached hydrogens (tertiary/aromatic N) is 1. The van der Waals surface area contributed by atoms with Gasteiger partial charge in [-0.25, -0.2) is 4.79 Å². The minimum absolute atomic E-state index is 0.0529. The molecule has 1 atom stereocenters. The van der Waals surface area contributed by atoms with Crippen LogP contribution in [0.4, 0.5) is 0 Å². The minimum atomic E-state index is -0.695. The molecule has 0 unspecified atom stereocenters. The second-order valence-corrected chi connectivity index (χ2v) is 8.45. The first-order chi connectivity index (χ1) is 12.3. The number of fused-ring (bicyclic) bond motifs is 2. The maximum absolute atomic E-state index is 13.3. The van der Waals surface area contributed by atoms with Gasteiger partial charge in [0.25, 0.3) is 0 Å². The van der Waals surface area contributed by atoms with E-state index in [1.54, 1.807) is 6.07 Å². The molecule has 2 aliphatic rings. The number of carbonyl (C=O) groups excluding carboxylic acids is 2. The van der Waals surface area contributed by atoms with E-state index in [1.165, 1.54) is 0 Å². The van der Waals surface area contributed by atoms with Gasteiger partial charge in [-0.15, -0.1) is 0 Å². The Hall–Kier alpha value is -2.14. The maximum atomic E-state index is 13.3. The predicted octanol–water partition coefficient (Wildman–Crippen LogP) is 4.02. The number of benzene rings is 2. The molecule has 2 aromatic carbocycles. The van der Waals surface area contributed by atoms with Gasteiger partial charge >= 0.3 is 5.97 Å². The number of hydrogen-bond donors (Lipinski definition) is 0. The number of carbonyl (C=O) groups is 2. The summed E-state index contributed by atoms with van der Waals surface area (Å²) in [7, 11) is 0. The molecule has 0 N–H and O–H groups in total. The molecular formula is C21H20BrNO3. The molecule has 26 heavy (non-hydrogen) atoms. The molecule has 0 aromatic heterocycles. The van der Waals surface area contributed by atoms with Crippen molar-refractivity contribution in [3.8, 4) is 0 Å². The van der Waals surface area contributed by atoms with Crippen molar-refractivity contribution >= 4 is 27.8 Å². The van der Waals surface area contributed by atoms with Crippen LogP contribution in [-0.4, -0.2) is 29.9 Å². The van der Waals surface area contributed by atoms with Gasteiger partial charge in [0.1, 0.15) is 0 Å². The van der Waals surface area contributed by atoms with Crippen molar-refractivity contribution in [2.45, 2.75) is 31.3 Å². The molecule has 1 amide bonds. The van der Waals surface area contributed by atoms with Gasteiger partial charge < -0.3 is 9.64 Å². The molecule has 2 aliphatic heterocycles. The fourth-order valence-electron chi connectivity index (χ4n) is 3.99. The first kappa shape index (κ1) is 17.3. The second kappa shape index (κ2) is 5.95. The Balaban J connectivity index is 1.60. The lowest BCUT2D eigenvalue weighted by atomic mass is 9.83. The molecule has 134 valence electrons. The quantitative estimate of drug-likeness (QED) is 0.698. The van der Waals surface area contributed by atoms with Crippen LogP contribution in [-0.2, 0) is 20.5 Å². The molecule has 4 nitrogen and oxygen atoms in total. The average molecular weight is 414 g/mol. The molecule has 0 aliphatic carbocycles. The zero-order valence-corrected chi connectivity index (χ0v) is 16.4. The van der Waals surface area contributed by atoms with Crippen molar-refractivity contribution in [1.82, 2.24) is 4.90 Å². The zero-order chi connectivity index (χ0) is 18.5. The van der Waals surface area contributed by atoms with E-state index in [9.17, 15) is 9.59 Å². The van der Waals surface area contributed by atoms with E-state index >= 15 is 0 Å². The minimum Gasteiger partial charge on any atom is -0.449 e. The first-order valence-corrected chi connectivity index (χ1v) is 9.51. The van der Waals surface area contributed by atoms with E-state index < -0.39 is 11.0 Å². The Labute approximate surface area is 161 Å². The van der Waals surface area contributed by atoms with E-state index in [4.69, 9.17) is 4.74 Å². The molecule has 2 aromatic rings. The Bertz CT molecular complexity index is 890. The van der Waals surface area contributed by atoms with Gasteiger partial charge in [0.2, 0.25) is 5.91 Å². The first-order valence-electron chi connectivity index (χ1n) is 8.72. The SMILES string of the molecule is CC(C)(C(=O)N1CC[C@@]2(C1)OC(=O)c1ccccc12)c1ccc(Br)cc1. The topological polar surface area (TPSA) is 46.6 Å². The van der Waals surface area contributed by atoms with Gasteiger partial charge in [0, 0.05) is 23.0 Å². The van der Waals surface area contributed by atoms with Gasteiger partial charge in [0.15, 0.2) is 5.60 Å². The Kier molecular flexibility index (Phi) is 3.95. The van der Waals surface area contributed by atoms with Crippen LogP contribution >= 0.6 is 15.9 Å². The van der Waals surface area contributed by atoms with E-state index in [2.05, 4.69) is 15.9 Å². The van der Waals surface area contributed by atoms with Gasteiger partial charge in [-0.05, 0) is 37.6 Å². The lowest BCUT2D eigenvalue weighted by Crippen LogP contribution is -2.44. The Morgan fingerprint density at radius 1 is 1.15 bits per heavy atom. The summed E-state index contributed by atoms with van der Waals surface area (Å²) in [6.07, 6.45) is 0.637. The third-order valence-corrected chi connectivity index (χ3v) is 6.07. The fourth-order valence-corrected chi connectivity index (χ4v) is 4.25. The molecule has 1 saturated heterocycles. The standard InChI is InChI=1S/C21H20BrNO3/c1-20(2,14-7-9-15(22)10-8-14)19(25)23-12-11-21(13-23)17-6-4-3-5-16(17)18(24)26-21/h3-10H,11-13H2,1-2H3/t21-/m0/s1. The summed E-state index contributed by atoms with van der Waals surface area (Å²) >= 11 is 3.43. The molecule has 1 fully saturated rings. The smallest absolute Gasteiger partial charge is 0.339 e. The number of rotatable bonds is 2. The van der Waals surface area contributed by atoms with Crippen LogP contribution in [0.5, 0.6) is 0 Å². The molecule has 0 bridgehead atoms. The summed E-state index contributed by atoms with van der Waals surface area (Å²) in [5.41, 5.74) is 1.15. The number of amides is 1. The lowest BCUT2D eigenvalue weighted by molar-refractivity contribution is -0.136. The summed E-state index contributed by atoms with van der Waals surface area (Å²) < 4.78 is 6.74. The Morgan fingerprint density at radius 2 is 1.85 bits per heavy atom. The van der Waals surface area contributed by atoms with E-state index in [1.807, 2.05) is 61.2 Å². The van der Waals surface area contributed by atoms with E-state index in [0.29, 0.717) is 25.1 Å². The molecule has 0 radical (unpaired) electrons. The number of halogens is 1. The van der Waals surface area contributed by atoms with Crippen LogP contribution in [0.3, 0.4) is 0 Å². The predicted molar refractivity (Wildman–Crippen MR) is 102 cm³/mol. The molecule has 5 heteroatoms. The van der Waals surface area contributed by atoms with Crippen molar-refractivity contribution in [2.24, 2.45) is 0 Å². The monoisotopic (exact) mass is 413 g/mol. The number of hydrogen-bond acceptors (Lipinski definition) is 3. The van der Waals surface area contributed by atoms with Crippen molar-refractivity contribution in [2.75, 3.05) is 13.1 Å². The highest BCUT2D eigenvalue weighted by Crippen LogP contribution is 2.44. The highest BCUT2D eigenvalue weighted by molar-refractivity contribution is 9.10. The molecule has 2 heterocycles. The van der Waals surface area contributed by atoms with Crippen LogP contribution in [0.15, 0.2) is 53.0 Å². The molecule has 4 rings (SSSR count). The van der Waals surface area contributed by atoms with Crippen LogP contribution < -0.4 is 0 Å². The second-order valence-electron chi connectivity index (χ2n) is 7.54. The Morgan fingerprint density at radius 3 is 2.58 bits per heavy atom. The molecular weight excluding hydrogens is 394 g/mol. The van der Waals surface area contributed by atoms with Gasteiger partial charge in [-0.1, -0.05) is 46.3 Å². The van der Waals surface area contributed by atoms with E-state index in [0.717, 1.165) is 15.6 Å². The molecule has 0 saturated carbocycles. The third kappa shape index (κ3) is 2.57. The number of likely N-dealkylation sites (tertiary alicyclic amines) is 1. The summed E-state index contributed by atoms with van der Waals surface area (Å²) in [4.78, 5) is 27.3. The summed E-state index contributed by atoms with van der Waals surface area (Å²) in [6, 6.07) is 15.3. The maximum Gasteiger partial charge on any atom is 0.339 e. The highest BCUT2D eigenvalue weighted by Gasteiger charge is 2.52. The van der Waals surface area contributed by atoms with Crippen molar-refractivity contribution in [3.05, 3.63) is 69.7 Å². The van der Waals surface area contributed by atoms with Crippen LogP contribution in [0.2, 0.25) is 0 Å². The van der Waals surface area contributed by atoms with Crippen LogP contribution in [0.25, 0.3) is 0 Å². The normalized spacial score (nSPS) is 21.8. The largest absolute Gasteiger partial charge is 0.449 e. The number of esters is 1. The fraction of sp³-hybridized carbons (Fsp3) is 0.333. The van der Waals surface area contributed by atoms with Gasteiger partial charge in [-0.3, -0.25) is 4.79 Å². The summed E-state index contributed by atoms with van der Waals surface area (Å²) in [5.74, 6) is -0.237. The van der Waals surface area contributed by atoms with E-state index in [-0.39, 0.29) is 11.9 Å². The summed E-state index contributed by atoms with van der Waals surface area (Å²) in [5, 5.41) is 0. The van der Waals surface area contributed by atoms with Crippen molar-refractivity contribution in [1.29, 1.82) is 0 Å². The summed E-state index contributed by atoms with van der Waals surface area (Å²) in [6.45, 7) is 4.88. The molecule has 1 spiro atoms. The van der Waals surface area contributed by atoms with Crippen molar-refractivity contribution < 1.29 is 14.3 Å². The average Bonchev–Trinajstić information content (AvgIpc) is 3.17. The zero-order valence-electron chi connectivity index (χ0n) is 14.8. The lowest BCUT2D eigenvalue weighted by Gasteiger charge is -2.31. The highest BCUT2D eigenvalue weighted by atomic mass is 79.9. The third-order valence-electron chi connectivity index (χ3n) is 5.55. The number of ether oxygens (including phenoxy) is 1. The van der Waals surface area contributed by atoms with Gasteiger partial charge in [-0.2, -0.15) is 0 Å². The van der Waals surface area contributed by atoms with Crippen LogP contribution in [0.1, 0.15) is 41.8 Å². The van der Waals surface area contributed by atoms with Crippen LogP contribution in [0, 0.1) is 0 Å².